The smallest absolute Gasteiger partial charge is 0.225 e. The molecule has 2 fully saturated rings. The van der Waals surface area contributed by atoms with Crippen LogP contribution in [-0.2, 0) is 4.79 Å². The summed E-state index contributed by atoms with van der Waals surface area (Å²) in [5, 5.41) is 3.17. The van der Waals surface area contributed by atoms with Crippen LogP contribution in [0.5, 0.6) is 0 Å². The van der Waals surface area contributed by atoms with Crippen molar-refractivity contribution in [3.8, 4) is 0 Å². The fourth-order valence-electron chi connectivity index (χ4n) is 4.25. The predicted molar refractivity (Wildman–Crippen MR) is 120 cm³/mol. The van der Waals surface area contributed by atoms with Crippen LogP contribution in [0.2, 0.25) is 0 Å². The third-order valence-electron chi connectivity index (χ3n) is 6.45. The molecule has 160 valence electrons. The number of hydrogen-bond acceptors (Lipinski definition) is 3. The maximum absolute atomic E-state index is 12.5. The van der Waals surface area contributed by atoms with Crippen molar-refractivity contribution in [1.82, 2.24) is 9.80 Å². The Hall–Kier alpha value is -2.08. The first-order valence-electron chi connectivity index (χ1n) is 11.2. The Morgan fingerprint density at radius 1 is 1.17 bits per heavy atom. The number of hydrogen-bond donors (Lipinski definition) is 2. The van der Waals surface area contributed by atoms with Crippen LogP contribution in [0.3, 0.4) is 0 Å². The molecule has 1 atom stereocenters. The van der Waals surface area contributed by atoms with E-state index in [1.54, 1.807) is 0 Å². The van der Waals surface area contributed by atoms with E-state index < -0.39 is 0 Å². The van der Waals surface area contributed by atoms with Crippen LogP contribution in [0.4, 0.5) is 5.69 Å². The fraction of sp³-hybridized carbons (Fsp3) is 0.652. The Labute approximate surface area is 175 Å². The Kier molecular flexibility index (Phi) is 7.92. The molecule has 1 aromatic carbocycles. The normalized spacial score (nSPS) is 20.1. The van der Waals surface area contributed by atoms with Gasteiger partial charge in [0.05, 0.1) is 6.54 Å². The molecule has 2 aliphatic rings. The number of carbonyl (C=O) groups excluding carboxylic acids is 1. The summed E-state index contributed by atoms with van der Waals surface area (Å²) in [4.78, 5) is 21.4. The van der Waals surface area contributed by atoms with Gasteiger partial charge in [0.1, 0.15) is 0 Å². The summed E-state index contributed by atoms with van der Waals surface area (Å²) in [6.07, 6.45) is 5.73. The number of carbonyl (C=O) groups is 1. The monoisotopic (exact) mass is 399 g/mol. The van der Waals surface area contributed by atoms with Gasteiger partial charge in [0.25, 0.3) is 0 Å². The van der Waals surface area contributed by atoms with Crippen LogP contribution >= 0.6 is 0 Å². The number of anilines is 1. The van der Waals surface area contributed by atoms with Crippen LogP contribution in [-0.4, -0.2) is 60.9 Å². The van der Waals surface area contributed by atoms with Gasteiger partial charge >= 0.3 is 0 Å². The van der Waals surface area contributed by atoms with E-state index in [-0.39, 0.29) is 5.92 Å². The first kappa shape index (κ1) is 21.6. The second kappa shape index (κ2) is 10.6. The molecule has 1 heterocycles. The lowest BCUT2D eigenvalue weighted by Crippen LogP contribution is -2.50. The average molecular weight is 400 g/mol. The maximum atomic E-state index is 12.5. The molecule has 6 nitrogen and oxygen atoms in total. The van der Waals surface area contributed by atoms with E-state index >= 15 is 0 Å². The van der Waals surface area contributed by atoms with Crippen molar-refractivity contribution in [2.75, 3.05) is 44.6 Å². The van der Waals surface area contributed by atoms with Crippen LogP contribution in [0.25, 0.3) is 0 Å². The predicted octanol–water partition coefficient (Wildman–Crippen LogP) is 3.26. The summed E-state index contributed by atoms with van der Waals surface area (Å²) in [5.74, 6) is 1.70. The number of amides is 1. The first-order valence-corrected chi connectivity index (χ1v) is 11.2. The second-order valence-corrected chi connectivity index (χ2v) is 8.47. The largest absolute Gasteiger partial charge is 0.370 e. The van der Waals surface area contributed by atoms with Crippen molar-refractivity contribution in [3.63, 3.8) is 0 Å². The molecule has 1 aromatic rings. The third kappa shape index (κ3) is 6.20. The maximum Gasteiger partial charge on any atom is 0.225 e. The Morgan fingerprint density at radius 2 is 1.83 bits per heavy atom. The highest BCUT2D eigenvalue weighted by molar-refractivity contribution is 5.92. The topological polar surface area (TPSA) is 74.0 Å². The standard InChI is InChI=1S/C23H37N5O/c1-3-18(2)19-8-10-21(11-9-19)26-23(24)25-12-13-27-14-16-28(17-15-27)22(29)20-6-4-5-7-20/h8-11,18,20H,3-7,12-17H2,1-2H3,(H3,24,25,26). The molecule has 0 bridgehead atoms. The number of nitrogens with one attached hydrogen (secondary N) is 1. The Balaban J connectivity index is 1.37. The van der Waals surface area contributed by atoms with Crippen molar-refractivity contribution in [2.24, 2.45) is 16.6 Å². The number of piperazine rings is 1. The highest BCUT2D eigenvalue weighted by atomic mass is 16.2. The molecular weight excluding hydrogens is 362 g/mol. The van der Waals surface area contributed by atoms with Crippen molar-refractivity contribution in [2.45, 2.75) is 51.9 Å². The van der Waals surface area contributed by atoms with Crippen molar-refractivity contribution in [3.05, 3.63) is 29.8 Å². The molecule has 6 heteroatoms. The van der Waals surface area contributed by atoms with Gasteiger partial charge in [0.15, 0.2) is 5.96 Å². The van der Waals surface area contributed by atoms with Gasteiger partial charge in [0, 0.05) is 44.3 Å². The van der Waals surface area contributed by atoms with E-state index in [2.05, 4.69) is 58.2 Å². The van der Waals surface area contributed by atoms with Gasteiger partial charge in [0.2, 0.25) is 5.91 Å². The lowest BCUT2D eigenvalue weighted by Gasteiger charge is -2.35. The van der Waals surface area contributed by atoms with E-state index in [9.17, 15) is 4.79 Å². The number of nitrogens with zero attached hydrogens (tertiary/aromatic N) is 3. The van der Waals surface area contributed by atoms with Gasteiger partial charge in [-0.3, -0.25) is 14.7 Å². The zero-order valence-corrected chi connectivity index (χ0v) is 18.1. The van der Waals surface area contributed by atoms with Gasteiger partial charge in [-0.25, -0.2) is 0 Å². The molecule has 3 N–H and O–H groups in total. The zero-order valence-electron chi connectivity index (χ0n) is 18.1. The lowest BCUT2D eigenvalue weighted by atomic mass is 9.99. The summed E-state index contributed by atoms with van der Waals surface area (Å²) in [5.41, 5.74) is 8.36. The van der Waals surface area contributed by atoms with Gasteiger partial charge in [-0.15, -0.1) is 0 Å². The highest BCUT2D eigenvalue weighted by Gasteiger charge is 2.29. The van der Waals surface area contributed by atoms with Crippen molar-refractivity contribution in [1.29, 1.82) is 0 Å². The molecule has 1 amide bonds. The molecule has 1 saturated carbocycles. The van der Waals surface area contributed by atoms with Crippen LogP contribution in [0.15, 0.2) is 29.3 Å². The van der Waals surface area contributed by atoms with Crippen molar-refractivity contribution >= 4 is 17.6 Å². The molecule has 1 aliphatic heterocycles. The zero-order chi connectivity index (χ0) is 20.6. The van der Waals surface area contributed by atoms with Crippen LogP contribution < -0.4 is 11.1 Å². The third-order valence-corrected chi connectivity index (χ3v) is 6.45. The molecule has 0 aromatic heterocycles. The molecule has 29 heavy (non-hydrogen) atoms. The molecule has 1 aliphatic carbocycles. The molecular formula is C23H37N5O. The summed E-state index contributed by atoms with van der Waals surface area (Å²) < 4.78 is 0. The number of nitrogens with two attached hydrogens (primary N) is 1. The van der Waals surface area contributed by atoms with E-state index in [1.807, 2.05) is 0 Å². The lowest BCUT2D eigenvalue weighted by molar-refractivity contribution is -0.137. The van der Waals surface area contributed by atoms with Gasteiger partial charge in [-0.2, -0.15) is 0 Å². The fourth-order valence-corrected chi connectivity index (χ4v) is 4.25. The molecule has 1 saturated heterocycles. The van der Waals surface area contributed by atoms with Gasteiger partial charge in [-0.05, 0) is 42.9 Å². The molecule has 3 rings (SSSR count). The molecule has 1 unspecified atom stereocenters. The minimum absolute atomic E-state index is 0.288. The van der Waals surface area contributed by atoms with E-state index in [0.29, 0.717) is 24.3 Å². The summed E-state index contributed by atoms with van der Waals surface area (Å²) in [6, 6.07) is 8.42. The number of benzene rings is 1. The van der Waals surface area contributed by atoms with Crippen LogP contribution in [0, 0.1) is 5.92 Å². The van der Waals surface area contributed by atoms with E-state index in [0.717, 1.165) is 57.7 Å². The first-order chi connectivity index (χ1) is 14.1. The Morgan fingerprint density at radius 3 is 2.45 bits per heavy atom. The second-order valence-electron chi connectivity index (χ2n) is 8.47. The summed E-state index contributed by atoms with van der Waals surface area (Å²) in [6.45, 7) is 9.53. The van der Waals surface area contributed by atoms with Crippen molar-refractivity contribution < 1.29 is 4.79 Å². The molecule has 0 spiro atoms. The summed E-state index contributed by atoms with van der Waals surface area (Å²) >= 11 is 0. The average Bonchev–Trinajstić information content (AvgIpc) is 3.28. The number of guanidine groups is 1. The number of aliphatic imine (C=N–C) groups is 1. The quantitative estimate of drug-likeness (QED) is 0.545. The van der Waals surface area contributed by atoms with Gasteiger partial charge < -0.3 is 16.0 Å². The molecule has 0 radical (unpaired) electrons. The number of rotatable bonds is 7. The van der Waals surface area contributed by atoms with Crippen LogP contribution in [0.1, 0.15) is 57.4 Å². The van der Waals surface area contributed by atoms with E-state index in [4.69, 9.17) is 5.73 Å². The SMILES string of the molecule is CCC(C)c1ccc(NC(N)=NCCN2CCN(C(=O)C3CCCC3)CC2)cc1. The highest BCUT2D eigenvalue weighted by Crippen LogP contribution is 2.27. The summed E-state index contributed by atoms with van der Waals surface area (Å²) in [7, 11) is 0. The van der Waals surface area contributed by atoms with E-state index in [1.165, 1.54) is 18.4 Å². The minimum Gasteiger partial charge on any atom is -0.370 e. The Bertz CT molecular complexity index is 673. The minimum atomic E-state index is 0.288. The van der Waals surface area contributed by atoms with Gasteiger partial charge in [-0.1, -0.05) is 38.8 Å².